The molecule has 0 amide bonds. The van der Waals surface area contributed by atoms with Gasteiger partial charge in [0.2, 0.25) is 0 Å². The van der Waals surface area contributed by atoms with Gasteiger partial charge in [-0.1, -0.05) is 6.42 Å². The lowest BCUT2D eigenvalue weighted by Crippen LogP contribution is -2.74. The van der Waals surface area contributed by atoms with E-state index < -0.39 is 87.7 Å². The maximum atomic E-state index is 13.8. The zero-order valence-corrected chi connectivity index (χ0v) is 22.5. The van der Waals surface area contributed by atoms with E-state index in [9.17, 15) is 84.1 Å². The third-order valence-electron chi connectivity index (χ3n) is 5.97. The molecule has 0 heterocycles. The Morgan fingerprint density at radius 2 is 0.976 bits per heavy atom. The molecule has 0 bridgehead atoms. The van der Waals surface area contributed by atoms with Crippen molar-refractivity contribution in [1.82, 2.24) is 0 Å². The van der Waals surface area contributed by atoms with Gasteiger partial charge in [0.1, 0.15) is 13.2 Å². The molecule has 0 aliphatic carbocycles. The summed E-state index contributed by atoms with van der Waals surface area (Å²) < 4.78 is 246. The van der Waals surface area contributed by atoms with Crippen molar-refractivity contribution < 1.29 is 97.6 Å². The average molecular weight is 685 g/mol. The molecule has 0 spiro atoms. The molecule has 0 aliphatic heterocycles. The highest BCUT2D eigenvalue weighted by Gasteiger charge is 2.95. The number of halogens is 17. The van der Waals surface area contributed by atoms with E-state index in [1.807, 2.05) is 0 Å². The summed E-state index contributed by atoms with van der Waals surface area (Å²) in [6.07, 6.45) is -13.2. The highest BCUT2D eigenvalue weighted by molar-refractivity contribution is 7.45. The van der Waals surface area contributed by atoms with E-state index in [-0.39, 0.29) is 13.2 Å². The monoisotopic (exact) mass is 685 g/mol. The summed E-state index contributed by atoms with van der Waals surface area (Å²) in [6, 6.07) is 0. The van der Waals surface area contributed by atoms with Crippen LogP contribution in [0.4, 0.5) is 74.6 Å². The molecule has 42 heavy (non-hydrogen) atoms. The Balaban J connectivity index is 5.50. The molecular weight excluding hydrogens is 660 g/mol. The van der Waals surface area contributed by atoms with Crippen LogP contribution in [0.15, 0.2) is 0 Å². The van der Waals surface area contributed by atoms with Crippen molar-refractivity contribution in [2.45, 2.75) is 80.2 Å². The first-order valence-electron chi connectivity index (χ1n) is 11.4. The van der Waals surface area contributed by atoms with Crippen LogP contribution in [0.2, 0.25) is 0 Å². The van der Waals surface area contributed by atoms with E-state index in [0.717, 1.165) is 0 Å². The van der Waals surface area contributed by atoms with Crippen LogP contribution in [-0.4, -0.2) is 92.5 Å². The van der Waals surface area contributed by atoms with Crippen LogP contribution in [0.1, 0.15) is 32.6 Å². The van der Waals surface area contributed by atoms with Gasteiger partial charge in [0.05, 0.1) is 27.2 Å². The molecule has 0 aromatic carbocycles. The second kappa shape index (κ2) is 12.7. The Kier molecular flexibility index (Phi) is 12.4. The van der Waals surface area contributed by atoms with Gasteiger partial charge in [-0.2, -0.15) is 74.6 Å². The Bertz CT molecular complexity index is 940. The van der Waals surface area contributed by atoms with Crippen molar-refractivity contribution in [3.05, 3.63) is 0 Å². The van der Waals surface area contributed by atoms with Crippen LogP contribution in [0.3, 0.4) is 0 Å². The summed E-state index contributed by atoms with van der Waals surface area (Å²) in [4.78, 5) is 11.6. The SMILES string of the molecule is CC[N+](C)(C)CCOP(=O)([O-])OCCCCCC(F)(F)C(F)(F)C(F)(F)C(F)(F)C(F)(F)C(F)(F)C(F)(F)C(F)(F)F. The van der Waals surface area contributed by atoms with Gasteiger partial charge in [0.25, 0.3) is 7.82 Å². The average Bonchev–Trinajstić information content (AvgIpc) is 2.79. The van der Waals surface area contributed by atoms with Crippen LogP contribution in [-0.2, 0) is 13.6 Å². The number of nitrogens with zero attached hydrogens (tertiary/aromatic N) is 1. The molecule has 0 rings (SSSR count). The number of phosphoric ester groups is 1. The van der Waals surface area contributed by atoms with Crippen molar-refractivity contribution in [3.63, 3.8) is 0 Å². The van der Waals surface area contributed by atoms with Gasteiger partial charge >= 0.3 is 47.6 Å². The molecule has 0 saturated heterocycles. The molecule has 1 atom stereocenters. The van der Waals surface area contributed by atoms with Gasteiger partial charge in [-0.25, -0.2) is 0 Å². The Morgan fingerprint density at radius 3 is 1.38 bits per heavy atom. The lowest BCUT2D eigenvalue weighted by atomic mass is 9.88. The maximum absolute atomic E-state index is 13.8. The minimum atomic E-state index is -8.67. The fraction of sp³-hybridized carbons (Fsp3) is 1.00. The number of quaternary nitrogens is 1. The minimum Gasteiger partial charge on any atom is -0.756 e. The molecule has 1 unspecified atom stereocenters. The molecule has 0 N–H and O–H groups in total. The predicted molar refractivity (Wildman–Crippen MR) is 106 cm³/mol. The summed E-state index contributed by atoms with van der Waals surface area (Å²) in [5, 5.41) is 0. The standard InChI is InChI=1S/C19H25F17NO4P/c1-4-37(2,3)9-11-41-42(38,39)40-10-7-5-6-8-12(20,21)13(22,23)14(24,25)15(26,27)16(28,29)17(30,31)18(32,33)19(34,35)36/h4-11H2,1-3H3. The van der Waals surface area contributed by atoms with Gasteiger partial charge in [-0.05, 0) is 19.8 Å². The van der Waals surface area contributed by atoms with Crippen LogP contribution in [0.25, 0.3) is 0 Å². The second-order valence-corrected chi connectivity index (χ2v) is 11.0. The number of hydrogen-bond donors (Lipinski definition) is 0. The highest BCUT2D eigenvalue weighted by Crippen LogP contribution is 2.64. The molecule has 0 saturated carbocycles. The van der Waals surface area contributed by atoms with Gasteiger partial charge < -0.3 is 18.4 Å². The number of phosphoric acid groups is 1. The Morgan fingerprint density at radius 1 is 0.595 bits per heavy atom. The van der Waals surface area contributed by atoms with E-state index in [0.29, 0.717) is 11.0 Å². The quantitative estimate of drug-likeness (QED) is 0.0666. The second-order valence-electron chi connectivity index (χ2n) is 9.55. The topological polar surface area (TPSA) is 58.6 Å². The Hall–Kier alpha value is -1.12. The minimum absolute atomic E-state index is 0.188. The number of rotatable bonds is 18. The highest BCUT2D eigenvalue weighted by atomic mass is 31.2. The lowest BCUT2D eigenvalue weighted by Gasteiger charge is -2.42. The normalized spacial score (nSPS) is 17.0. The lowest BCUT2D eigenvalue weighted by molar-refractivity contribution is -0.888. The first-order valence-corrected chi connectivity index (χ1v) is 12.8. The molecule has 0 radical (unpaired) electrons. The van der Waals surface area contributed by atoms with E-state index in [1.54, 1.807) is 21.0 Å². The molecule has 5 nitrogen and oxygen atoms in total. The zero-order valence-electron chi connectivity index (χ0n) is 21.6. The van der Waals surface area contributed by atoms with Crippen LogP contribution >= 0.6 is 7.82 Å². The third kappa shape index (κ3) is 7.93. The van der Waals surface area contributed by atoms with Crippen molar-refractivity contribution in [2.24, 2.45) is 0 Å². The number of alkyl halides is 17. The number of likely N-dealkylation sites (N-methyl/N-ethyl adjacent to an activating group) is 1. The first kappa shape index (κ1) is 40.9. The number of hydrogen-bond acceptors (Lipinski definition) is 4. The summed E-state index contributed by atoms with van der Waals surface area (Å²) >= 11 is 0. The molecule has 0 aromatic heterocycles. The summed E-state index contributed by atoms with van der Waals surface area (Å²) in [7, 11) is -1.53. The Labute approximate surface area is 227 Å². The first-order chi connectivity index (χ1) is 18.2. The van der Waals surface area contributed by atoms with Crippen molar-refractivity contribution in [1.29, 1.82) is 0 Å². The van der Waals surface area contributed by atoms with Crippen molar-refractivity contribution in [2.75, 3.05) is 40.4 Å². The smallest absolute Gasteiger partial charge is 0.460 e. The maximum Gasteiger partial charge on any atom is 0.460 e. The van der Waals surface area contributed by atoms with E-state index >= 15 is 0 Å². The molecule has 0 fully saturated rings. The van der Waals surface area contributed by atoms with E-state index in [4.69, 9.17) is 0 Å². The molecule has 0 aliphatic rings. The zero-order chi connectivity index (χ0) is 34.1. The molecule has 23 heteroatoms. The fourth-order valence-electron chi connectivity index (χ4n) is 2.75. The summed E-state index contributed by atoms with van der Waals surface area (Å²) in [6.45, 7) is 1.31. The predicted octanol–water partition coefficient (Wildman–Crippen LogP) is 7.15. The van der Waals surface area contributed by atoms with Crippen molar-refractivity contribution in [3.8, 4) is 0 Å². The number of unbranched alkanes of at least 4 members (excludes halogenated alkanes) is 2. The fourth-order valence-corrected chi connectivity index (χ4v) is 3.48. The summed E-state index contributed by atoms with van der Waals surface area (Å²) in [5.41, 5.74) is 0. The van der Waals surface area contributed by atoms with Gasteiger partial charge in [-0.15, -0.1) is 0 Å². The molecule has 254 valence electrons. The van der Waals surface area contributed by atoms with E-state index in [1.165, 1.54) is 0 Å². The van der Waals surface area contributed by atoms with Crippen LogP contribution in [0.5, 0.6) is 0 Å². The third-order valence-corrected chi connectivity index (χ3v) is 6.97. The molecule has 0 aromatic rings. The van der Waals surface area contributed by atoms with Crippen molar-refractivity contribution >= 4 is 7.82 Å². The van der Waals surface area contributed by atoms with E-state index in [2.05, 4.69) is 9.05 Å². The largest absolute Gasteiger partial charge is 0.756 e. The van der Waals surface area contributed by atoms with Gasteiger partial charge in [0, 0.05) is 6.42 Å². The molecular formula is C19H25F17NO4P. The van der Waals surface area contributed by atoms with Crippen LogP contribution < -0.4 is 4.89 Å². The van der Waals surface area contributed by atoms with Gasteiger partial charge in [-0.3, -0.25) is 4.57 Å². The van der Waals surface area contributed by atoms with Gasteiger partial charge in [0.15, 0.2) is 0 Å². The summed E-state index contributed by atoms with van der Waals surface area (Å²) in [5.74, 6) is -56.6. The van der Waals surface area contributed by atoms with Crippen LogP contribution in [0, 0.1) is 0 Å².